The van der Waals surface area contributed by atoms with Crippen molar-refractivity contribution in [2.24, 2.45) is 0 Å². The third kappa shape index (κ3) is 6.00. The van der Waals surface area contributed by atoms with Gasteiger partial charge in [-0.3, -0.25) is 4.79 Å². The van der Waals surface area contributed by atoms with Crippen LogP contribution in [0.5, 0.6) is 0 Å². The minimum absolute atomic E-state index is 0.167. The molecule has 152 valence electrons. The molecule has 1 aromatic carbocycles. The molecule has 0 saturated carbocycles. The Hall–Kier alpha value is -1.48. The van der Waals surface area contributed by atoms with E-state index >= 15 is 0 Å². The molecule has 1 aliphatic heterocycles. The van der Waals surface area contributed by atoms with Crippen molar-refractivity contribution < 1.29 is 17.9 Å². The van der Waals surface area contributed by atoms with Crippen LogP contribution in [0.25, 0.3) is 0 Å². The summed E-state index contributed by atoms with van der Waals surface area (Å²) in [6.45, 7) is 9.09. The molecule has 0 spiro atoms. The van der Waals surface area contributed by atoms with Crippen molar-refractivity contribution in [2.45, 2.75) is 38.2 Å². The van der Waals surface area contributed by atoms with Gasteiger partial charge in [0.15, 0.2) is 0 Å². The summed E-state index contributed by atoms with van der Waals surface area (Å²) in [5.74, 6) is -0.269. The predicted octanol–water partition coefficient (Wildman–Crippen LogP) is 1.48. The van der Waals surface area contributed by atoms with Gasteiger partial charge in [-0.25, -0.2) is 8.42 Å². The smallest absolute Gasteiger partial charge is 0.251 e. The van der Waals surface area contributed by atoms with E-state index in [4.69, 9.17) is 4.74 Å². The van der Waals surface area contributed by atoms with Gasteiger partial charge in [0.25, 0.3) is 5.91 Å². The predicted molar refractivity (Wildman–Crippen MR) is 105 cm³/mol. The van der Waals surface area contributed by atoms with Gasteiger partial charge in [-0.15, -0.1) is 0 Å². The van der Waals surface area contributed by atoms with E-state index in [0.717, 1.165) is 0 Å². The van der Waals surface area contributed by atoms with Gasteiger partial charge in [-0.05, 0) is 51.9 Å². The number of nitrogens with one attached hydrogen (secondary N) is 1. The van der Waals surface area contributed by atoms with Crippen molar-refractivity contribution in [3.8, 4) is 0 Å². The number of amides is 1. The van der Waals surface area contributed by atoms with Gasteiger partial charge < -0.3 is 15.0 Å². The number of likely N-dealkylation sites (N-methyl/N-ethyl adjacent to an activating group) is 1. The van der Waals surface area contributed by atoms with E-state index in [1.54, 1.807) is 19.1 Å². The molecule has 1 heterocycles. The van der Waals surface area contributed by atoms with E-state index in [1.165, 1.54) is 10.4 Å². The first-order valence-corrected chi connectivity index (χ1v) is 10.8. The number of benzene rings is 1. The summed E-state index contributed by atoms with van der Waals surface area (Å²) in [5, 5.41) is 2.82. The van der Waals surface area contributed by atoms with E-state index in [1.807, 2.05) is 20.9 Å². The van der Waals surface area contributed by atoms with E-state index in [0.29, 0.717) is 56.9 Å². The fourth-order valence-electron chi connectivity index (χ4n) is 2.88. The Bertz CT molecular complexity index is 741. The summed E-state index contributed by atoms with van der Waals surface area (Å²) in [6.07, 6.45) is 0.877. The molecule has 1 N–H and O–H groups in total. The number of ether oxygens (including phenoxy) is 1. The Morgan fingerprint density at radius 2 is 1.89 bits per heavy atom. The van der Waals surface area contributed by atoms with E-state index in [9.17, 15) is 13.2 Å². The van der Waals surface area contributed by atoms with Crippen LogP contribution in [0.2, 0.25) is 0 Å². The maximum Gasteiger partial charge on any atom is 0.251 e. The van der Waals surface area contributed by atoms with Gasteiger partial charge in [-0.1, -0.05) is 6.07 Å². The van der Waals surface area contributed by atoms with E-state index < -0.39 is 10.0 Å². The molecule has 7 nitrogen and oxygen atoms in total. The molecule has 0 radical (unpaired) electrons. The molecule has 0 aliphatic carbocycles. The summed E-state index contributed by atoms with van der Waals surface area (Å²) >= 11 is 0. The van der Waals surface area contributed by atoms with Crippen molar-refractivity contribution in [1.29, 1.82) is 0 Å². The lowest BCUT2D eigenvalue weighted by atomic mass is 10.1. The second-order valence-corrected chi connectivity index (χ2v) is 9.12. The Morgan fingerprint density at radius 3 is 2.52 bits per heavy atom. The number of sulfonamides is 1. The largest absolute Gasteiger partial charge is 0.379 e. The van der Waals surface area contributed by atoms with Gasteiger partial charge in [-0.2, -0.15) is 4.31 Å². The summed E-state index contributed by atoms with van der Waals surface area (Å²) in [7, 11) is -1.63. The van der Waals surface area contributed by atoms with Crippen LogP contribution in [-0.2, 0) is 14.8 Å². The van der Waals surface area contributed by atoms with Crippen LogP contribution < -0.4 is 5.32 Å². The topological polar surface area (TPSA) is 78.9 Å². The minimum Gasteiger partial charge on any atom is -0.379 e. The third-order valence-electron chi connectivity index (χ3n) is 4.59. The maximum absolute atomic E-state index is 13.0. The quantitative estimate of drug-likeness (QED) is 0.672. The van der Waals surface area contributed by atoms with Crippen LogP contribution in [0.1, 0.15) is 36.2 Å². The fourth-order valence-corrected chi connectivity index (χ4v) is 4.55. The highest BCUT2D eigenvalue weighted by molar-refractivity contribution is 7.89. The number of carbonyl (C=O) groups excluding carboxylic acids is 1. The zero-order chi connectivity index (χ0) is 20.0. The van der Waals surface area contributed by atoms with Gasteiger partial charge in [0, 0.05) is 44.9 Å². The fraction of sp³-hybridized carbons (Fsp3) is 0.632. The molecule has 1 amide bonds. The Labute approximate surface area is 162 Å². The first-order chi connectivity index (χ1) is 12.7. The highest BCUT2D eigenvalue weighted by Gasteiger charge is 2.29. The molecule has 2 rings (SSSR count). The van der Waals surface area contributed by atoms with Crippen molar-refractivity contribution in [3.05, 3.63) is 29.3 Å². The average Bonchev–Trinajstić information content (AvgIpc) is 2.61. The van der Waals surface area contributed by atoms with Crippen LogP contribution in [0.4, 0.5) is 0 Å². The Kier molecular flexibility index (Phi) is 7.79. The van der Waals surface area contributed by atoms with Crippen molar-refractivity contribution in [3.63, 3.8) is 0 Å². The number of aryl methyl sites for hydroxylation is 1. The number of hydrogen-bond donors (Lipinski definition) is 1. The van der Waals surface area contributed by atoms with E-state index in [-0.39, 0.29) is 16.9 Å². The van der Waals surface area contributed by atoms with Gasteiger partial charge in [0.2, 0.25) is 10.0 Å². The Morgan fingerprint density at radius 1 is 1.22 bits per heavy atom. The maximum atomic E-state index is 13.0. The molecular formula is C19H31N3O4S. The van der Waals surface area contributed by atoms with Crippen molar-refractivity contribution in [1.82, 2.24) is 14.5 Å². The van der Waals surface area contributed by atoms with Crippen LogP contribution >= 0.6 is 0 Å². The standard InChI is InChI=1S/C19H31N3O4S/c1-15(2)26-13-5-8-20-19(23)17-7-6-16(3)18(14-17)27(24,25)22-11-9-21(4)10-12-22/h6-7,14-15H,5,8-13H2,1-4H3,(H,20,23). The molecule has 0 bridgehead atoms. The highest BCUT2D eigenvalue weighted by Crippen LogP contribution is 2.22. The monoisotopic (exact) mass is 397 g/mol. The van der Waals surface area contributed by atoms with Gasteiger partial charge in [0.05, 0.1) is 11.0 Å². The SMILES string of the molecule is Cc1ccc(C(=O)NCCCOC(C)C)cc1S(=O)(=O)N1CCN(C)CC1. The summed E-state index contributed by atoms with van der Waals surface area (Å²) in [6, 6.07) is 4.85. The van der Waals surface area contributed by atoms with Crippen LogP contribution in [-0.4, -0.2) is 76.0 Å². The molecule has 1 aromatic rings. The number of rotatable bonds is 8. The summed E-state index contributed by atoms with van der Waals surface area (Å²) < 4.78 is 33.0. The highest BCUT2D eigenvalue weighted by atomic mass is 32.2. The molecule has 27 heavy (non-hydrogen) atoms. The van der Waals surface area contributed by atoms with Crippen molar-refractivity contribution in [2.75, 3.05) is 46.4 Å². The number of nitrogens with zero attached hydrogens (tertiary/aromatic N) is 2. The summed E-state index contributed by atoms with van der Waals surface area (Å²) in [5.41, 5.74) is 1.01. The molecule has 0 atom stereocenters. The van der Waals surface area contributed by atoms with Crippen LogP contribution in [0.15, 0.2) is 23.1 Å². The second kappa shape index (κ2) is 9.64. The first-order valence-electron chi connectivity index (χ1n) is 9.41. The van der Waals surface area contributed by atoms with Crippen molar-refractivity contribution >= 4 is 15.9 Å². The minimum atomic E-state index is -3.60. The molecule has 1 aliphatic rings. The molecule has 0 aromatic heterocycles. The second-order valence-electron chi connectivity index (χ2n) is 7.22. The average molecular weight is 398 g/mol. The van der Waals surface area contributed by atoms with Gasteiger partial charge >= 0.3 is 0 Å². The van der Waals surface area contributed by atoms with E-state index in [2.05, 4.69) is 10.2 Å². The third-order valence-corrected chi connectivity index (χ3v) is 6.63. The summed E-state index contributed by atoms with van der Waals surface area (Å²) in [4.78, 5) is 14.7. The van der Waals surface area contributed by atoms with Gasteiger partial charge in [0.1, 0.15) is 0 Å². The molecular weight excluding hydrogens is 366 g/mol. The first kappa shape index (κ1) is 21.8. The molecule has 0 unspecified atom stereocenters. The lowest BCUT2D eigenvalue weighted by Gasteiger charge is -2.32. The lowest BCUT2D eigenvalue weighted by molar-refractivity contribution is 0.0757. The lowest BCUT2D eigenvalue weighted by Crippen LogP contribution is -2.47. The molecule has 1 fully saturated rings. The van der Waals surface area contributed by atoms with Crippen LogP contribution in [0.3, 0.4) is 0 Å². The zero-order valence-corrected chi connectivity index (χ0v) is 17.5. The number of carbonyl (C=O) groups is 1. The van der Waals surface area contributed by atoms with Crippen LogP contribution in [0, 0.1) is 6.92 Å². The normalized spacial score (nSPS) is 16.6. The molecule has 1 saturated heterocycles. The number of piperazine rings is 1. The molecule has 8 heteroatoms. The Balaban J connectivity index is 2.05. The zero-order valence-electron chi connectivity index (χ0n) is 16.7. The number of hydrogen-bond acceptors (Lipinski definition) is 5.